The van der Waals surface area contributed by atoms with Gasteiger partial charge in [0.05, 0.1) is 0 Å². The summed E-state index contributed by atoms with van der Waals surface area (Å²) in [5.74, 6) is -0.494. The molecule has 0 unspecified atom stereocenters. The maximum atomic E-state index is 14.5. The SMILES string of the molecule is O=C(c1ccc(-c2ccc(C(=O)N3CCC(F)CC3)cc2)c(F)c1)C1CC1. The van der Waals surface area contributed by atoms with Gasteiger partial charge in [-0.3, -0.25) is 9.59 Å². The van der Waals surface area contributed by atoms with Crippen molar-refractivity contribution in [2.75, 3.05) is 13.1 Å². The Morgan fingerprint density at radius 3 is 2.11 bits per heavy atom. The molecule has 27 heavy (non-hydrogen) atoms. The van der Waals surface area contributed by atoms with Gasteiger partial charge in [-0.25, -0.2) is 8.78 Å². The molecule has 1 heterocycles. The number of hydrogen-bond donors (Lipinski definition) is 0. The van der Waals surface area contributed by atoms with Gasteiger partial charge in [-0.15, -0.1) is 0 Å². The Kier molecular flexibility index (Phi) is 4.77. The molecule has 1 saturated heterocycles. The van der Waals surface area contributed by atoms with E-state index in [0.29, 0.717) is 48.2 Å². The molecular weight excluding hydrogens is 348 g/mol. The molecule has 0 radical (unpaired) electrons. The maximum absolute atomic E-state index is 14.5. The molecule has 0 aromatic heterocycles. The van der Waals surface area contributed by atoms with Crippen molar-refractivity contribution < 1.29 is 18.4 Å². The normalized spacial score (nSPS) is 17.8. The summed E-state index contributed by atoms with van der Waals surface area (Å²) >= 11 is 0. The molecule has 0 atom stereocenters. The number of benzene rings is 2. The number of carbonyl (C=O) groups is 2. The zero-order chi connectivity index (χ0) is 19.0. The van der Waals surface area contributed by atoms with E-state index in [9.17, 15) is 18.4 Å². The van der Waals surface area contributed by atoms with Crippen LogP contribution in [0.15, 0.2) is 42.5 Å². The van der Waals surface area contributed by atoms with Crippen LogP contribution < -0.4 is 0 Å². The van der Waals surface area contributed by atoms with Gasteiger partial charge in [-0.2, -0.15) is 0 Å². The largest absolute Gasteiger partial charge is 0.338 e. The molecule has 2 aromatic carbocycles. The molecule has 140 valence electrons. The van der Waals surface area contributed by atoms with Crippen LogP contribution in [0.1, 0.15) is 46.4 Å². The summed E-state index contributed by atoms with van der Waals surface area (Å²) in [5.41, 5.74) is 1.98. The van der Waals surface area contributed by atoms with Crippen molar-refractivity contribution in [1.82, 2.24) is 4.90 Å². The molecule has 1 aliphatic heterocycles. The first kappa shape index (κ1) is 17.8. The lowest BCUT2D eigenvalue weighted by molar-refractivity contribution is 0.0667. The van der Waals surface area contributed by atoms with Crippen LogP contribution in [-0.2, 0) is 0 Å². The zero-order valence-electron chi connectivity index (χ0n) is 15.0. The number of likely N-dealkylation sites (tertiary alicyclic amines) is 1. The monoisotopic (exact) mass is 369 g/mol. The molecule has 0 bridgehead atoms. The predicted octanol–water partition coefficient (Wildman–Crippen LogP) is 4.66. The fourth-order valence-electron chi connectivity index (χ4n) is 3.51. The Labute approximate surface area is 157 Å². The predicted molar refractivity (Wildman–Crippen MR) is 98.9 cm³/mol. The molecule has 0 N–H and O–H groups in total. The van der Waals surface area contributed by atoms with Crippen LogP contribution in [0, 0.1) is 11.7 Å². The molecule has 0 spiro atoms. The fourth-order valence-corrected chi connectivity index (χ4v) is 3.51. The van der Waals surface area contributed by atoms with Gasteiger partial charge in [0.25, 0.3) is 5.91 Å². The first-order chi connectivity index (χ1) is 13.0. The minimum absolute atomic E-state index is 0.0124. The number of amides is 1. The molecule has 4 rings (SSSR count). The number of rotatable bonds is 4. The summed E-state index contributed by atoms with van der Waals surface area (Å²) in [6.45, 7) is 0.847. The highest BCUT2D eigenvalue weighted by Crippen LogP contribution is 2.33. The van der Waals surface area contributed by atoms with E-state index in [-0.39, 0.29) is 17.6 Å². The molecule has 2 fully saturated rings. The van der Waals surface area contributed by atoms with Gasteiger partial charge in [0.1, 0.15) is 12.0 Å². The molecular formula is C22H21F2NO2. The average molecular weight is 369 g/mol. The Balaban J connectivity index is 1.50. The van der Waals surface area contributed by atoms with Gasteiger partial charge < -0.3 is 4.90 Å². The van der Waals surface area contributed by atoms with Gasteiger partial charge in [0, 0.05) is 35.7 Å². The quantitative estimate of drug-likeness (QED) is 0.735. The van der Waals surface area contributed by atoms with Gasteiger partial charge in [-0.1, -0.05) is 24.3 Å². The number of Topliss-reactive ketones (excluding diaryl/α,β-unsaturated/α-hetero) is 1. The first-order valence-electron chi connectivity index (χ1n) is 9.40. The van der Waals surface area contributed by atoms with E-state index in [0.717, 1.165) is 12.8 Å². The van der Waals surface area contributed by atoms with E-state index in [1.54, 1.807) is 41.3 Å². The third kappa shape index (κ3) is 3.77. The maximum Gasteiger partial charge on any atom is 0.253 e. The van der Waals surface area contributed by atoms with Crippen molar-refractivity contribution in [3.05, 3.63) is 59.4 Å². The summed E-state index contributed by atoms with van der Waals surface area (Å²) in [4.78, 5) is 26.2. The lowest BCUT2D eigenvalue weighted by Crippen LogP contribution is -2.39. The summed E-state index contributed by atoms with van der Waals surface area (Å²) in [7, 11) is 0. The zero-order valence-corrected chi connectivity index (χ0v) is 15.0. The number of hydrogen-bond acceptors (Lipinski definition) is 2. The Hall–Kier alpha value is -2.56. The highest BCUT2D eigenvalue weighted by Gasteiger charge is 2.30. The second-order valence-corrected chi connectivity index (χ2v) is 7.38. The summed E-state index contributed by atoms with van der Waals surface area (Å²) in [6.07, 6.45) is 1.71. The van der Waals surface area contributed by atoms with Crippen molar-refractivity contribution in [3.8, 4) is 11.1 Å². The van der Waals surface area contributed by atoms with Crippen LogP contribution in [0.3, 0.4) is 0 Å². The lowest BCUT2D eigenvalue weighted by atomic mass is 9.99. The molecule has 5 heteroatoms. The van der Waals surface area contributed by atoms with Crippen LogP contribution in [0.4, 0.5) is 8.78 Å². The van der Waals surface area contributed by atoms with Crippen LogP contribution in [0.2, 0.25) is 0 Å². The molecule has 2 aromatic rings. The second kappa shape index (κ2) is 7.22. The molecule has 1 saturated carbocycles. The topological polar surface area (TPSA) is 37.4 Å². The fraction of sp³-hybridized carbons (Fsp3) is 0.364. The van der Waals surface area contributed by atoms with Crippen molar-refractivity contribution >= 4 is 11.7 Å². The molecule has 1 aliphatic carbocycles. The van der Waals surface area contributed by atoms with Crippen molar-refractivity contribution in [2.45, 2.75) is 31.9 Å². The third-order valence-corrected chi connectivity index (χ3v) is 5.36. The van der Waals surface area contributed by atoms with Crippen LogP contribution in [-0.4, -0.2) is 35.9 Å². The summed E-state index contributed by atoms with van der Waals surface area (Å²) in [6, 6.07) is 11.3. The number of carbonyl (C=O) groups excluding carboxylic acids is 2. The first-order valence-corrected chi connectivity index (χ1v) is 9.40. The van der Waals surface area contributed by atoms with Crippen molar-refractivity contribution in [2.24, 2.45) is 5.92 Å². The Morgan fingerprint density at radius 1 is 0.889 bits per heavy atom. The number of nitrogens with zero attached hydrogens (tertiary/aromatic N) is 1. The highest BCUT2D eigenvalue weighted by molar-refractivity contribution is 5.99. The van der Waals surface area contributed by atoms with E-state index < -0.39 is 12.0 Å². The number of piperidine rings is 1. The van der Waals surface area contributed by atoms with Gasteiger partial charge >= 0.3 is 0 Å². The van der Waals surface area contributed by atoms with E-state index in [1.807, 2.05) is 0 Å². The number of alkyl halides is 1. The molecule has 2 aliphatic rings. The van der Waals surface area contributed by atoms with Gasteiger partial charge in [-0.05, 0) is 49.4 Å². The Morgan fingerprint density at radius 2 is 1.52 bits per heavy atom. The van der Waals surface area contributed by atoms with Gasteiger partial charge in [0.2, 0.25) is 0 Å². The Bertz CT molecular complexity index is 866. The van der Waals surface area contributed by atoms with Crippen LogP contribution in [0.5, 0.6) is 0 Å². The summed E-state index contributed by atoms with van der Waals surface area (Å²) in [5, 5.41) is 0. The highest BCUT2D eigenvalue weighted by atomic mass is 19.1. The number of halogens is 2. The van der Waals surface area contributed by atoms with Crippen molar-refractivity contribution in [1.29, 1.82) is 0 Å². The summed E-state index contributed by atoms with van der Waals surface area (Å²) < 4.78 is 27.7. The minimum Gasteiger partial charge on any atom is -0.338 e. The molecule has 3 nitrogen and oxygen atoms in total. The second-order valence-electron chi connectivity index (χ2n) is 7.38. The van der Waals surface area contributed by atoms with Crippen molar-refractivity contribution in [3.63, 3.8) is 0 Å². The van der Waals surface area contributed by atoms with Crippen LogP contribution >= 0.6 is 0 Å². The smallest absolute Gasteiger partial charge is 0.253 e. The third-order valence-electron chi connectivity index (χ3n) is 5.36. The average Bonchev–Trinajstić information content (AvgIpc) is 3.53. The van der Waals surface area contributed by atoms with Gasteiger partial charge in [0.15, 0.2) is 5.78 Å². The molecule has 1 amide bonds. The van der Waals surface area contributed by atoms with Crippen LogP contribution in [0.25, 0.3) is 11.1 Å². The standard InChI is InChI=1S/C22H21F2NO2/c23-18-9-11-25(12-10-18)22(27)16-5-1-14(2-6-16)19-8-7-17(13-20(19)24)21(26)15-3-4-15/h1-2,5-8,13,15,18H,3-4,9-12H2. The lowest BCUT2D eigenvalue weighted by Gasteiger charge is -2.28. The van der Waals surface area contributed by atoms with E-state index >= 15 is 0 Å². The van der Waals surface area contributed by atoms with E-state index in [1.165, 1.54) is 6.07 Å². The minimum atomic E-state index is -0.825. The van der Waals surface area contributed by atoms with E-state index in [4.69, 9.17) is 0 Å². The van der Waals surface area contributed by atoms with E-state index in [2.05, 4.69) is 0 Å². The number of ketones is 1.